The lowest BCUT2D eigenvalue weighted by molar-refractivity contribution is -0.158. The first-order valence-electron chi connectivity index (χ1n) is 20.2. The number of carbonyl (C=O) groups is 7. The Bertz CT molecular complexity index is 1420. The molecule has 6 atom stereocenters. The quantitative estimate of drug-likeness (QED) is 0.0609. The van der Waals surface area contributed by atoms with Crippen molar-refractivity contribution in [3.8, 4) is 0 Å². The largest absolute Gasteiger partial charge is 0.460 e. The average molecular weight is 790 g/mol. The van der Waals surface area contributed by atoms with Crippen molar-refractivity contribution in [2.75, 3.05) is 26.7 Å². The molecule has 1 aliphatic rings. The fourth-order valence-corrected chi connectivity index (χ4v) is 6.83. The Morgan fingerprint density at radius 3 is 2.21 bits per heavy atom. The first-order chi connectivity index (χ1) is 26.6. The predicted octanol–water partition coefficient (Wildman–Crippen LogP) is 1.14. The van der Waals surface area contributed by atoms with Crippen LogP contribution in [-0.4, -0.2) is 107 Å². The number of hydrogen-bond donors (Lipinski definition) is 6. The smallest absolute Gasteiger partial charge is 0.325 e. The number of nitrogens with one attached hydrogen (secondary N) is 4. The summed E-state index contributed by atoms with van der Waals surface area (Å²) < 4.78 is 7.43. The van der Waals surface area contributed by atoms with Crippen LogP contribution in [0.4, 0.5) is 0 Å². The highest BCUT2D eigenvalue weighted by Crippen LogP contribution is 2.28. The minimum atomic E-state index is -1.10. The maximum Gasteiger partial charge on any atom is 0.325 e. The number of ether oxygens (including phenoxy) is 1. The van der Waals surface area contributed by atoms with Crippen molar-refractivity contribution in [3.63, 3.8) is 0 Å². The molecule has 316 valence electrons. The van der Waals surface area contributed by atoms with Crippen LogP contribution in [0.3, 0.4) is 0 Å². The maximum absolute atomic E-state index is 14.1. The highest BCUT2D eigenvalue weighted by Gasteiger charge is 2.38. The average Bonchev–Trinajstić information content (AvgIpc) is 3.69. The Morgan fingerprint density at radius 2 is 1.62 bits per heavy atom. The zero-order valence-electron chi connectivity index (χ0n) is 34.2. The third kappa shape index (κ3) is 16.3. The van der Waals surface area contributed by atoms with Gasteiger partial charge in [-0.3, -0.25) is 33.6 Å². The first-order valence-corrected chi connectivity index (χ1v) is 20.2. The van der Waals surface area contributed by atoms with Crippen molar-refractivity contribution in [2.45, 2.75) is 136 Å². The normalized spacial score (nSPS) is 16.4. The van der Waals surface area contributed by atoms with E-state index in [9.17, 15) is 33.6 Å². The maximum atomic E-state index is 14.1. The predicted molar refractivity (Wildman–Crippen MR) is 210 cm³/mol. The molecule has 8 N–H and O–H groups in total. The second-order valence-electron chi connectivity index (χ2n) is 15.5. The van der Waals surface area contributed by atoms with E-state index >= 15 is 0 Å². The molecule has 0 aliphatic heterocycles. The number of primary amides is 1. The van der Waals surface area contributed by atoms with Crippen LogP contribution in [0.2, 0.25) is 0 Å². The number of carbonyl (C=O) groups excluding carboxylic acids is 7. The fraction of sp³-hybridized carbons (Fsp3) is 0.744. The molecule has 0 unspecified atom stereocenters. The summed E-state index contributed by atoms with van der Waals surface area (Å²) in [6.45, 7) is 8.69. The molecule has 17 heteroatoms. The van der Waals surface area contributed by atoms with E-state index in [2.05, 4.69) is 33.2 Å². The van der Waals surface area contributed by atoms with Gasteiger partial charge in [0.05, 0.1) is 18.2 Å². The lowest BCUT2D eigenvalue weighted by atomic mass is 9.83. The van der Waals surface area contributed by atoms with Gasteiger partial charge in [0.15, 0.2) is 0 Å². The van der Waals surface area contributed by atoms with E-state index in [0.29, 0.717) is 32.1 Å². The second-order valence-corrected chi connectivity index (χ2v) is 15.5. The van der Waals surface area contributed by atoms with E-state index in [1.165, 1.54) is 18.3 Å². The number of rotatable bonds is 25. The summed E-state index contributed by atoms with van der Waals surface area (Å²) in [4.78, 5) is 96.9. The molecule has 1 aromatic heterocycles. The topological polar surface area (TPSA) is 250 Å². The van der Waals surface area contributed by atoms with Gasteiger partial charge in [-0.15, -0.1) is 0 Å². The molecule has 2 rings (SSSR count). The summed E-state index contributed by atoms with van der Waals surface area (Å²) in [5.74, 6) is -5.39. The number of hydrogen-bond acceptors (Lipinski definition) is 10. The fourth-order valence-electron chi connectivity index (χ4n) is 6.83. The molecule has 1 aromatic rings. The van der Waals surface area contributed by atoms with Crippen LogP contribution in [0.5, 0.6) is 0 Å². The van der Waals surface area contributed by atoms with Crippen LogP contribution in [0, 0.1) is 23.7 Å². The molecular formula is C39H67N9O8. The highest BCUT2D eigenvalue weighted by molar-refractivity contribution is 5.94. The lowest BCUT2D eigenvalue weighted by Gasteiger charge is -2.36. The van der Waals surface area contributed by atoms with Gasteiger partial charge in [-0.2, -0.15) is 0 Å². The van der Waals surface area contributed by atoms with E-state index in [4.69, 9.17) is 16.2 Å². The van der Waals surface area contributed by atoms with E-state index in [1.54, 1.807) is 30.8 Å². The molecule has 0 aromatic carbocycles. The molecule has 1 saturated carbocycles. The number of aromatic nitrogens is 2. The zero-order valence-corrected chi connectivity index (χ0v) is 34.2. The molecule has 0 bridgehead atoms. The zero-order chi connectivity index (χ0) is 41.8. The van der Waals surface area contributed by atoms with Crippen molar-refractivity contribution in [2.24, 2.45) is 35.1 Å². The van der Waals surface area contributed by atoms with Gasteiger partial charge in [0.25, 0.3) is 0 Å². The van der Waals surface area contributed by atoms with Gasteiger partial charge in [0.1, 0.15) is 37.3 Å². The van der Waals surface area contributed by atoms with Crippen LogP contribution in [0.1, 0.15) is 105 Å². The van der Waals surface area contributed by atoms with Crippen molar-refractivity contribution < 1.29 is 38.3 Å². The molecule has 17 nitrogen and oxygen atoms in total. The summed E-state index contributed by atoms with van der Waals surface area (Å²) >= 11 is 0. The van der Waals surface area contributed by atoms with Crippen molar-refractivity contribution in [1.82, 2.24) is 35.7 Å². The van der Waals surface area contributed by atoms with Crippen LogP contribution in [0.25, 0.3) is 0 Å². The van der Waals surface area contributed by atoms with Crippen molar-refractivity contribution >= 4 is 41.4 Å². The summed E-state index contributed by atoms with van der Waals surface area (Å²) in [6.07, 6.45) is 12.3. The number of esters is 1. The van der Waals surface area contributed by atoms with E-state index in [-0.39, 0.29) is 37.4 Å². The number of unbranched alkanes of at least 4 members (excludes halogenated alkanes) is 3. The molecule has 1 fully saturated rings. The minimum absolute atomic E-state index is 0.00609. The number of likely N-dealkylation sites (N-methyl/N-ethyl adjacent to an activating group) is 1. The number of amides is 6. The monoisotopic (exact) mass is 790 g/mol. The molecule has 0 saturated heterocycles. The first kappa shape index (κ1) is 47.6. The SMILES string of the molecule is CCCCCC[C@H](OC(=O)CNC(=O)[C@@H](C)CNC(=O)Cn1ccnc1)[C@@H](C)C(=O)N(C)[C@@H](CC(C)C)C(=O)N[C@H](C(=O)N[C@@H](CN)C(N)=O)C1CCCCC1. The third-order valence-corrected chi connectivity index (χ3v) is 10.3. The van der Waals surface area contributed by atoms with Gasteiger partial charge in [-0.05, 0) is 43.9 Å². The van der Waals surface area contributed by atoms with Crippen LogP contribution < -0.4 is 32.7 Å². The van der Waals surface area contributed by atoms with Crippen LogP contribution >= 0.6 is 0 Å². The van der Waals surface area contributed by atoms with E-state index < -0.39 is 78.1 Å². The molecule has 56 heavy (non-hydrogen) atoms. The van der Waals surface area contributed by atoms with Crippen LogP contribution in [0.15, 0.2) is 18.7 Å². The Hall–Kier alpha value is -4.54. The van der Waals surface area contributed by atoms with E-state index in [1.807, 2.05) is 13.8 Å². The molecule has 6 amide bonds. The minimum Gasteiger partial charge on any atom is -0.460 e. The van der Waals surface area contributed by atoms with Gasteiger partial charge in [0, 0.05) is 32.5 Å². The lowest BCUT2D eigenvalue weighted by Crippen LogP contribution is -2.60. The standard InChI is InChI=1S/C39H67N9O8/c1-7-8-9-13-16-31(56-33(50)22-44-36(52)26(4)21-43-32(49)23-48-18-17-42-24-48)27(5)39(55)47(6)30(19-25(2)3)37(53)46-34(28-14-11-10-12-15-28)38(54)45-29(20-40)35(41)51/h17-18,24-31,34H,7-16,19-23,40H2,1-6H3,(H2,41,51)(H,43,49)(H,44,52)(H,45,54)(H,46,53)/t26-,27+,29-,30-,31-,34-/m0/s1. The Morgan fingerprint density at radius 1 is 0.929 bits per heavy atom. The molecule has 0 radical (unpaired) electrons. The summed E-state index contributed by atoms with van der Waals surface area (Å²) in [5.41, 5.74) is 11.1. The molecular weight excluding hydrogens is 722 g/mol. The Balaban J connectivity index is 2.15. The van der Waals surface area contributed by atoms with Crippen LogP contribution in [-0.2, 0) is 44.8 Å². The van der Waals surface area contributed by atoms with Gasteiger partial charge >= 0.3 is 5.97 Å². The number of imidazole rings is 1. The number of nitrogens with two attached hydrogens (primary N) is 2. The third-order valence-electron chi connectivity index (χ3n) is 10.3. The Labute approximate surface area is 331 Å². The highest BCUT2D eigenvalue weighted by atomic mass is 16.5. The molecule has 1 aliphatic carbocycles. The van der Waals surface area contributed by atoms with Gasteiger partial charge in [-0.1, -0.05) is 73.1 Å². The summed E-state index contributed by atoms with van der Waals surface area (Å²) in [5, 5.41) is 10.8. The van der Waals surface area contributed by atoms with Gasteiger partial charge in [-0.25, -0.2) is 4.98 Å². The van der Waals surface area contributed by atoms with Gasteiger partial charge < -0.3 is 46.9 Å². The number of nitrogens with zero attached hydrogens (tertiary/aromatic N) is 3. The summed E-state index contributed by atoms with van der Waals surface area (Å²) in [6, 6.07) is -3.01. The van der Waals surface area contributed by atoms with E-state index in [0.717, 1.165) is 38.5 Å². The molecule has 1 heterocycles. The Kier molecular flexibility index (Phi) is 21.1. The summed E-state index contributed by atoms with van der Waals surface area (Å²) in [7, 11) is 1.53. The van der Waals surface area contributed by atoms with Crippen molar-refractivity contribution in [3.05, 3.63) is 18.7 Å². The second kappa shape index (κ2) is 24.9. The van der Waals surface area contributed by atoms with Crippen molar-refractivity contribution in [1.29, 1.82) is 0 Å². The van der Waals surface area contributed by atoms with Gasteiger partial charge in [0.2, 0.25) is 35.4 Å². The molecule has 0 spiro atoms.